The predicted octanol–water partition coefficient (Wildman–Crippen LogP) is 3.16. The molecule has 0 amide bonds. The van der Waals surface area contributed by atoms with Gasteiger partial charge in [-0.2, -0.15) is 0 Å². The highest BCUT2D eigenvalue weighted by molar-refractivity contribution is 5.24. The SMILES string of the molecule is CCCCCCc1ccc(C(O)CN(CC)CCO)cc1. The highest BCUT2D eigenvalue weighted by Crippen LogP contribution is 2.16. The monoisotopic (exact) mass is 293 g/mol. The Labute approximate surface area is 129 Å². The van der Waals surface area contributed by atoms with Crippen molar-refractivity contribution in [2.75, 3.05) is 26.2 Å². The molecule has 2 N–H and O–H groups in total. The minimum atomic E-state index is -0.481. The molecule has 21 heavy (non-hydrogen) atoms. The Bertz CT molecular complexity index is 364. The summed E-state index contributed by atoms with van der Waals surface area (Å²) in [5, 5.41) is 19.2. The Morgan fingerprint density at radius 1 is 1.05 bits per heavy atom. The Morgan fingerprint density at radius 3 is 2.33 bits per heavy atom. The standard InChI is InChI=1S/C18H31NO2/c1-3-5-6-7-8-16-9-11-17(12-10-16)18(21)15-19(4-2)13-14-20/h9-12,18,20-21H,3-8,13-15H2,1-2H3. The summed E-state index contributed by atoms with van der Waals surface area (Å²) in [6, 6.07) is 8.33. The largest absolute Gasteiger partial charge is 0.395 e. The number of benzene rings is 1. The summed E-state index contributed by atoms with van der Waals surface area (Å²) in [5.41, 5.74) is 2.31. The van der Waals surface area contributed by atoms with E-state index in [4.69, 9.17) is 5.11 Å². The lowest BCUT2D eigenvalue weighted by Crippen LogP contribution is -2.31. The van der Waals surface area contributed by atoms with E-state index < -0.39 is 6.10 Å². The zero-order chi connectivity index (χ0) is 15.5. The van der Waals surface area contributed by atoms with Crippen LogP contribution in [0.4, 0.5) is 0 Å². The molecule has 0 fully saturated rings. The third-order valence-electron chi connectivity index (χ3n) is 3.98. The zero-order valence-electron chi connectivity index (χ0n) is 13.6. The molecule has 3 heteroatoms. The molecule has 1 atom stereocenters. The molecule has 120 valence electrons. The van der Waals surface area contributed by atoms with Crippen LogP contribution in [0.3, 0.4) is 0 Å². The van der Waals surface area contributed by atoms with Gasteiger partial charge in [0.25, 0.3) is 0 Å². The number of likely N-dealkylation sites (N-methyl/N-ethyl adjacent to an activating group) is 1. The molecular formula is C18H31NO2. The fourth-order valence-electron chi connectivity index (χ4n) is 2.53. The molecule has 0 radical (unpaired) electrons. The van der Waals surface area contributed by atoms with Gasteiger partial charge in [-0.3, -0.25) is 4.90 Å². The Balaban J connectivity index is 2.44. The summed E-state index contributed by atoms with van der Waals surface area (Å²) < 4.78 is 0. The topological polar surface area (TPSA) is 43.7 Å². The molecule has 0 bridgehead atoms. The molecule has 0 aliphatic carbocycles. The molecule has 0 aliphatic heterocycles. The fourth-order valence-corrected chi connectivity index (χ4v) is 2.53. The van der Waals surface area contributed by atoms with E-state index in [1.165, 1.54) is 31.2 Å². The highest BCUT2D eigenvalue weighted by Gasteiger charge is 2.11. The summed E-state index contributed by atoms with van der Waals surface area (Å²) in [6.07, 6.45) is 5.78. The molecule has 1 aromatic carbocycles. The molecule has 1 aromatic rings. The van der Waals surface area contributed by atoms with Gasteiger partial charge in [0.2, 0.25) is 0 Å². The van der Waals surface area contributed by atoms with Gasteiger partial charge in [-0.1, -0.05) is 57.4 Å². The first-order valence-electron chi connectivity index (χ1n) is 8.31. The van der Waals surface area contributed by atoms with E-state index in [9.17, 15) is 5.11 Å². The maximum atomic E-state index is 10.3. The smallest absolute Gasteiger partial charge is 0.0916 e. The molecule has 0 saturated heterocycles. The van der Waals surface area contributed by atoms with Crippen molar-refractivity contribution in [3.63, 3.8) is 0 Å². The van der Waals surface area contributed by atoms with E-state index in [-0.39, 0.29) is 6.61 Å². The quantitative estimate of drug-likeness (QED) is 0.616. The lowest BCUT2D eigenvalue weighted by atomic mass is 10.0. The number of nitrogens with zero attached hydrogens (tertiary/aromatic N) is 1. The second-order valence-corrected chi connectivity index (χ2v) is 5.68. The molecule has 1 unspecified atom stereocenters. The van der Waals surface area contributed by atoms with Crippen molar-refractivity contribution >= 4 is 0 Å². The van der Waals surface area contributed by atoms with Gasteiger partial charge >= 0.3 is 0 Å². The third-order valence-corrected chi connectivity index (χ3v) is 3.98. The molecule has 1 rings (SSSR count). The summed E-state index contributed by atoms with van der Waals surface area (Å²) in [6.45, 7) is 6.44. The first-order chi connectivity index (χ1) is 10.2. The van der Waals surface area contributed by atoms with Crippen molar-refractivity contribution < 1.29 is 10.2 Å². The van der Waals surface area contributed by atoms with Gasteiger partial charge in [0.1, 0.15) is 0 Å². The summed E-state index contributed by atoms with van der Waals surface area (Å²) >= 11 is 0. The Morgan fingerprint density at radius 2 is 1.76 bits per heavy atom. The highest BCUT2D eigenvalue weighted by atomic mass is 16.3. The van der Waals surface area contributed by atoms with Gasteiger partial charge in [0.05, 0.1) is 12.7 Å². The molecular weight excluding hydrogens is 262 g/mol. The van der Waals surface area contributed by atoms with Crippen molar-refractivity contribution in [2.24, 2.45) is 0 Å². The minimum Gasteiger partial charge on any atom is -0.395 e. The van der Waals surface area contributed by atoms with E-state index in [0.29, 0.717) is 13.1 Å². The van der Waals surface area contributed by atoms with Crippen molar-refractivity contribution in [2.45, 2.75) is 52.1 Å². The molecule has 3 nitrogen and oxygen atoms in total. The lowest BCUT2D eigenvalue weighted by Gasteiger charge is -2.22. The van der Waals surface area contributed by atoms with Crippen LogP contribution in [0.15, 0.2) is 24.3 Å². The second-order valence-electron chi connectivity index (χ2n) is 5.68. The van der Waals surface area contributed by atoms with E-state index in [0.717, 1.165) is 18.5 Å². The van der Waals surface area contributed by atoms with Crippen LogP contribution in [0, 0.1) is 0 Å². The Hall–Kier alpha value is -0.900. The van der Waals surface area contributed by atoms with Gasteiger partial charge in [0.15, 0.2) is 0 Å². The predicted molar refractivity (Wildman–Crippen MR) is 88.4 cm³/mol. The van der Waals surface area contributed by atoms with Crippen LogP contribution < -0.4 is 0 Å². The zero-order valence-corrected chi connectivity index (χ0v) is 13.6. The number of aliphatic hydroxyl groups excluding tert-OH is 2. The van der Waals surface area contributed by atoms with Gasteiger partial charge < -0.3 is 10.2 Å². The van der Waals surface area contributed by atoms with Crippen molar-refractivity contribution in [1.29, 1.82) is 0 Å². The van der Waals surface area contributed by atoms with Crippen molar-refractivity contribution in [1.82, 2.24) is 4.90 Å². The summed E-state index contributed by atoms with van der Waals surface area (Å²) in [5.74, 6) is 0. The summed E-state index contributed by atoms with van der Waals surface area (Å²) in [4.78, 5) is 2.06. The first-order valence-corrected chi connectivity index (χ1v) is 8.31. The van der Waals surface area contributed by atoms with Crippen LogP contribution in [-0.4, -0.2) is 41.4 Å². The van der Waals surface area contributed by atoms with E-state index in [1.54, 1.807) is 0 Å². The molecule has 0 aromatic heterocycles. The third kappa shape index (κ3) is 7.07. The van der Waals surface area contributed by atoms with E-state index in [2.05, 4.69) is 24.0 Å². The van der Waals surface area contributed by atoms with Crippen LogP contribution in [0.25, 0.3) is 0 Å². The normalized spacial score (nSPS) is 12.8. The van der Waals surface area contributed by atoms with E-state index >= 15 is 0 Å². The maximum Gasteiger partial charge on any atom is 0.0916 e. The molecule has 0 heterocycles. The van der Waals surface area contributed by atoms with E-state index in [1.807, 2.05) is 19.1 Å². The number of aryl methyl sites for hydroxylation is 1. The number of rotatable bonds is 11. The number of aliphatic hydroxyl groups is 2. The van der Waals surface area contributed by atoms with Crippen molar-refractivity contribution in [3.8, 4) is 0 Å². The van der Waals surface area contributed by atoms with Crippen LogP contribution in [0.5, 0.6) is 0 Å². The molecule has 0 aliphatic rings. The van der Waals surface area contributed by atoms with Gasteiger partial charge in [-0.05, 0) is 30.5 Å². The van der Waals surface area contributed by atoms with Crippen LogP contribution >= 0.6 is 0 Å². The number of hydrogen-bond acceptors (Lipinski definition) is 3. The van der Waals surface area contributed by atoms with Gasteiger partial charge in [0, 0.05) is 13.1 Å². The minimum absolute atomic E-state index is 0.136. The lowest BCUT2D eigenvalue weighted by molar-refractivity contribution is 0.103. The average molecular weight is 293 g/mol. The van der Waals surface area contributed by atoms with Crippen molar-refractivity contribution in [3.05, 3.63) is 35.4 Å². The second kappa shape index (κ2) is 10.8. The van der Waals surface area contributed by atoms with Crippen LogP contribution in [-0.2, 0) is 6.42 Å². The number of unbranched alkanes of at least 4 members (excludes halogenated alkanes) is 3. The van der Waals surface area contributed by atoms with Crippen LogP contribution in [0.1, 0.15) is 56.8 Å². The van der Waals surface area contributed by atoms with Gasteiger partial charge in [-0.15, -0.1) is 0 Å². The number of hydrogen-bond donors (Lipinski definition) is 2. The average Bonchev–Trinajstić information content (AvgIpc) is 2.51. The fraction of sp³-hybridized carbons (Fsp3) is 0.667. The maximum absolute atomic E-state index is 10.3. The van der Waals surface area contributed by atoms with Gasteiger partial charge in [-0.25, -0.2) is 0 Å². The summed E-state index contributed by atoms with van der Waals surface area (Å²) in [7, 11) is 0. The Kier molecular flexibility index (Phi) is 9.31. The molecule has 0 saturated carbocycles. The van der Waals surface area contributed by atoms with Crippen LogP contribution in [0.2, 0.25) is 0 Å². The molecule has 0 spiro atoms. The first kappa shape index (κ1) is 18.1.